The molecule has 0 radical (unpaired) electrons. The number of nitrogens with zero attached hydrogens (tertiary/aromatic N) is 2. The second kappa shape index (κ2) is 6.37. The van der Waals surface area contributed by atoms with Gasteiger partial charge in [0.25, 0.3) is 0 Å². The first-order valence-electron chi connectivity index (χ1n) is 9.03. The molecular weight excluding hydrogens is 373 g/mol. The van der Waals surface area contributed by atoms with E-state index in [9.17, 15) is 13.2 Å². The largest absolute Gasteiger partial charge is 0.490 e. The number of alkyl halides is 3. The Morgan fingerprint density at radius 1 is 1.18 bits per heavy atom. The van der Waals surface area contributed by atoms with Gasteiger partial charge in [0.2, 0.25) is 0 Å². The van der Waals surface area contributed by atoms with E-state index in [2.05, 4.69) is 20.3 Å². The van der Waals surface area contributed by atoms with Crippen molar-refractivity contribution in [2.24, 2.45) is 0 Å². The maximum absolute atomic E-state index is 13.1. The summed E-state index contributed by atoms with van der Waals surface area (Å²) in [6.07, 6.45) is -1.29. The van der Waals surface area contributed by atoms with Crippen LogP contribution in [0.4, 0.5) is 19.0 Å². The number of fused-ring (bicyclic) bond motifs is 2. The van der Waals surface area contributed by atoms with Gasteiger partial charge in [-0.2, -0.15) is 13.2 Å². The third-order valence-electron chi connectivity index (χ3n) is 4.94. The summed E-state index contributed by atoms with van der Waals surface area (Å²) in [4.78, 5) is 10.4. The molecule has 2 N–H and O–H groups in total. The van der Waals surface area contributed by atoms with E-state index in [-0.39, 0.29) is 29.3 Å². The van der Waals surface area contributed by atoms with Crippen LogP contribution in [0.5, 0.6) is 5.75 Å². The molecule has 0 amide bonds. The van der Waals surface area contributed by atoms with Gasteiger partial charge in [-0.3, -0.25) is 0 Å². The number of benzene rings is 1. The molecule has 0 saturated heterocycles. The van der Waals surface area contributed by atoms with Crippen LogP contribution in [-0.4, -0.2) is 33.8 Å². The van der Waals surface area contributed by atoms with E-state index in [1.165, 1.54) is 6.33 Å². The first-order valence-corrected chi connectivity index (χ1v) is 9.03. The topological polar surface area (TPSA) is 72.1 Å². The Balaban J connectivity index is 1.53. The van der Waals surface area contributed by atoms with Gasteiger partial charge < -0.3 is 19.8 Å². The van der Waals surface area contributed by atoms with Crippen LogP contribution in [-0.2, 0) is 10.9 Å². The molecule has 1 saturated carbocycles. The molecule has 9 heteroatoms. The van der Waals surface area contributed by atoms with Crippen molar-refractivity contribution < 1.29 is 22.6 Å². The second-order valence-corrected chi connectivity index (χ2v) is 7.01. The summed E-state index contributed by atoms with van der Waals surface area (Å²) < 4.78 is 51.2. The summed E-state index contributed by atoms with van der Waals surface area (Å²) in [5.41, 5.74) is 0.159. The van der Waals surface area contributed by atoms with E-state index in [1.807, 2.05) is 24.3 Å². The van der Waals surface area contributed by atoms with Crippen LogP contribution >= 0.6 is 0 Å². The highest BCUT2D eigenvalue weighted by Gasteiger charge is 2.37. The Morgan fingerprint density at radius 2 is 2.00 bits per heavy atom. The minimum atomic E-state index is -4.49. The van der Waals surface area contributed by atoms with Crippen molar-refractivity contribution in [3.8, 4) is 5.75 Å². The Kier molecular flexibility index (Phi) is 3.94. The van der Waals surface area contributed by atoms with Crippen LogP contribution < -0.4 is 10.1 Å². The monoisotopic (exact) mass is 390 g/mol. The Hall–Kier alpha value is -2.81. The summed E-state index contributed by atoms with van der Waals surface area (Å²) in [5.74, 6) is 1.05. The number of ether oxygens (including phenoxy) is 2. The number of nitrogens with one attached hydrogen (secondary N) is 2. The van der Waals surface area contributed by atoms with Crippen molar-refractivity contribution in [3.63, 3.8) is 0 Å². The van der Waals surface area contributed by atoms with E-state index in [0.717, 1.165) is 30.2 Å². The average molecular weight is 390 g/mol. The number of halogens is 3. The maximum atomic E-state index is 13.1. The van der Waals surface area contributed by atoms with Gasteiger partial charge in [0.05, 0.1) is 17.5 Å². The van der Waals surface area contributed by atoms with Gasteiger partial charge in [-0.15, -0.1) is 0 Å². The fourth-order valence-electron chi connectivity index (χ4n) is 3.43. The zero-order valence-electron chi connectivity index (χ0n) is 14.7. The molecule has 5 rings (SSSR count). The number of hydrogen-bond donors (Lipinski definition) is 2. The normalized spacial score (nSPS) is 22.0. The molecule has 146 valence electrons. The highest BCUT2D eigenvalue weighted by Crippen LogP contribution is 2.39. The number of para-hydroxylation sites is 1. The lowest BCUT2D eigenvalue weighted by molar-refractivity contribution is -0.140. The smallest absolute Gasteiger partial charge is 0.431 e. The van der Waals surface area contributed by atoms with Crippen molar-refractivity contribution >= 4 is 16.9 Å². The first kappa shape index (κ1) is 17.3. The fraction of sp³-hybridized carbons (Fsp3) is 0.368. The highest BCUT2D eigenvalue weighted by atomic mass is 19.4. The third kappa shape index (κ3) is 3.15. The van der Waals surface area contributed by atoms with Crippen LogP contribution in [0.1, 0.15) is 30.1 Å². The number of anilines is 1. The number of H-pyrrole nitrogens is 1. The zero-order chi connectivity index (χ0) is 19.3. The van der Waals surface area contributed by atoms with E-state index in [1.54, 1.807) is 0 Å². The number of rotatable bonds is 4. The molecule has 2 atom stereocenters. The number of aromatic nitrogens is 3. The molecule has 3 heterocycles. The van der Waals surface area contributed by atoms with Crippen LogP contribution in [0, 0.1) is 0 Å². The summed E-state index contributed by atoms with van der Waals surface area (Å²) in [7, 11) is 0. The molecule has 2 aromatic heterocycles. The van der Waals surface area contributed by atoms with Crippen LogP contribution in [0.2, 0.25) is 0 Å². The lowest BCUT2D eigenvalue weighted by atomic mass is 9.98. The van der Waals surface area contributed by atoms with Crippen LogP contribution in [0.3, 0.4) is 0 Å². The van der Waals surface area contributed by atoms with Gasteiger partial charge in [0.15, 0.2) is 0 Å². The lowest BCUT2D eigenvalue weighted by Crippen LogP contribution is -2.38. The van der Waals surface area contributed by atoms with Crippen molar-refractivity contribution in [2.75, 3.05) is 11.9 Å². The molecule has 1 unspecified atom stereocenters. The minimum Gasteiger partial charge on any atom is -0.490 e. The van der Waals surface area contributed by atoms with Crippen LogP contribution in [0.25, 0.3) is 11.0 Å². The summed E-state index contributed by atoms with van der Waals surface area (Å²) in [6.45, 7) is 0.361. The SMILES string of the molecule is FC(F)(F)c1cc2c(N[C@H]3c4ccccc4OCC3OC3CC3)ncnc2[nH]1. The van der Waals surface area contributed by atoms with Gasteiger partial charge in [0, 0.05) is 5.56 Å². The summed E-state index contributed by atoms with van der Waals surface area (Å²) >= 11 is 0. The Bertz CT molecular complexity index is 1020. The van der Waals surface area contributed by atoms with Gasteiger partial charge in [0.1, 0.15) is 41.9 Å². The molecular formula is C19H17F3N4O2. The van der Waals surface area contributed by atoms with Crippen molar-refractivity contribution in [1.82, 2.24) is 15.0 Å². The Morgan fingerprint density at radius 3 is 2.79 bits per heavy atom. The van der Waals surface area contributed by atoms with Gasteiger partial charge in [-0.05, 0) is 25.0 Å². The molecule has 1 aromatic carbocycles. The van der Waals surface area contributed by atoms with E-state index >= 15 is 0 Å². The Labute approximate surface area is 158 Å². The molecule has 6 nitrogen and oxygen atoms in total. The molecule has 1 aliphatic heterocycles. The van der Waals surface area contributed by atoms with E-state index in [4.69, 9.17) is 9.47 Å². The van der Waals surface area contributed by atoms with E-state index in [0.29, 0.717) is 12.4 Å². The van der Waals surface area contributed by atoms with Crippen molar-refractivity contribution in [3.05, 3.63) is 47.9 Å². The standard InChI is InChI=1S/C19H17F3N4O2/c20-19(21,22)15-7-12-17(25-15)23-9-24-18(12)26-16-11-3-1-2-4-13(11)27-8-14(16)28-10-5-6-10/h1-4,7,9-10,14,16H,5-6,8H2,(H2,23,24,25,26)/t14?,16-/m0/s1. The zero-order valence-corrected chi connectivity index (χ0v) is 14.7. The second-order valence-electron chi connectivity index (χ2n) is 7.01. The van der Waals surface area contributed by atoms with Crippen molar-refractivity contribution in [2.45, 2.75) is 37.3 Å². The molecule has 28 heavy (non-hydrogen) atoms. The summed E-state index contributed by atoms with van der Waals surface area (Å²) in [6, 6.07) is 8.29. The molecule has 0 bridgehead atoms. The van der Waals surface area contributed by atoms with Gasteiger partial charge >= 0.3 is 6.18 Å². The highest BCUT2D eigenvalue weighted by molar-refractivity contribution is 5.88. The van der Waals surface area contributed by atoms with E-state index < -0.39 is 11.9 Å². The molecule has 3 aromatic rings. The molecule has 2 aliphatic rings. The molecule has 0 spiro atoms. The quantitative estimate of drug-likeness (QED) is 0.703. The summed E-state index contributed by atoms with van der Waals surface area (Å²) in [5, 5.41) is 3.57. The van der Waals surface area contributed by atoms with Crippen molar-refractivity contribution in [1.29, 1.82) is 0 Å². The number of aromatic amines is 1. The molecule has 1 fully saturated rings. The maximum Gasteiger partial charge on any atom is 0.431 e. The van der Waals surface area contributed by atoms with Crippen LogP contribution in [0.15, 0.2) is 36.7 Å². The number of hydrogen-bond acceptors (Lipinski definition) is 5. The molecule has 1 aliphatic carbocycles. The average Bonchev–Trinajstić information content (AvgIpc) is 3.36. The minimum absolute atomic E-state index is 0.129. The predicted octanol–water partition coefficient (Wildman–Crippen LogP) is 4.07. The predicted molar refractivity (Wildman–Crippen MR) is 95.1 cm³/mol. The lowest BCUT2D eigenvalue weighted by Gasteiger charge is -2.34. The third-order valence-corrected chi connectivity index (χ3v) is 4.94. The van der Waals surface area contributed by atoms with Gasteiger partial charge in [-0.25, -0.2) is 9.97 Å². The van der Waals surface area contributed by atoms with Gasteiger partial charge in [-0.1, -0.05) is 18.2 Å². The fourth-order valence-corrected chi connectivity index (χ4v) is 3.43. The first-order chi connectivity index (χ1) is 13.5.